The summed E-state index contributed by atoms with van der Waals surface area (Å²) >= 11 is 11.0. The van der Waals surface area contributed by atoms with Gasteiger partial charge in [0.15, 0.2) is 0 Å². The fourth-order valence-corrected chi connectivity index (χ4v) is 2.37. The minimum Gasteiger partial charge on any atom is -0.128 e. The van der Waals surface area contributed by atoms with Crippen LogP contribution in [0.25, 0.3) is 0 Å². The first-order valence-corrected chi connectivity index (χ1v) is 5.69. The van der Waals surface area contributed by atoms with Gasteiger partial charge in [-0.3, -0.25) is 0 Å². The van der Waals surface area contributed by atoms with Gasteiger partial charge in [0.1, 0.15) is 0 Å². The molecule has 11 heavy (non-hydrogen) atoms. The fourth-order valence-electron chi connectivity index (χ4n) is 0.744. The molecule has 0 fully saturated rings. The van der Waals surface area contributed by atoms with Gasteiger partial charge in [0.05, 0.1) is 4.34 Å². The van der Waals surface area contributed by atoms with Crippen molar-refractivity contribution in [3.05, 3.63) is 21.3 Å². The van der Waals surface area contributed by atoms with E-state index >= 15 is 0 Å². The van der Waals surface area contributed by atoms with Crippen LogP contribution in [-0.4, -0.2) is 5.33 Å². The molecular weight excluding hydrogens is 244 g/mol. The molecule has 0 N–H and O–H groups in total. The second-order valence-corrected chi connectivity index (χ2v) is 5.40. The molecule has 0 aliphatic carbocycles. The molecule has 1 heterocycles. The van der Waals surface area contributed by atoms with Gasteiger partial charge in [-0.05, 0) is 12.1 Å². The molecule has 0 unspecified atom stereocenters. The van der Waals surface area contributed by atoms with E-state index in [1.165, 1.54) is 4.88 Å². The van der Waals surface area contributed by atoms with E-state index in [0.29, 0.717) is 0 Å². The van der Waals surface area contributed by atoms with Crippen molar-refractivity contribution in [2.75, 3.05) is 5.33 Å². The lowest BCUT2D eigenvalue weighted by molar-refractivity contribution is 0.621. The summed E-state index contributed by atoms with van der Waals surface area (Å²) in [5.74, 6) is 0. The zero-order chi connectivity index (χ0) is 8.48. The lowest BCUT2D eigenvalue weighted by Crippen LogP contribution is -2.16. The Morgan fingerprint density at radius 3 is 2.55 bits per heavy atom. The largest absolute Gasteiger partial charge is 0.128 e. The van der Waals surface area contributed by atoms with Crippen molar-refractivity contribution in [2.24, 2.45) is 0 Å². The highest BCUT2D eigenvalue weighted by Gasteiger charge is 2.20. The molecule has 0 aliphatic heterocycles. The van der Waals surface area contributed by atoms with E-state index in [2.05, 4.69) is 35.8 Å². The monoisotopic (exact) mass is 252 g/mol. The second-order valence-electron chi connectivity index (χ2n) is 3.12. The van der Waals surface area contributed by atoms with Crippen LogP contribution in [0.5, 0.6) is 0 Å². The van der Waals surface area contributed by atoms with Gasteiger partial charge in [0, 0.05) is 15.6 Å². The third kappa shape index (κ3) is 2.20. The lowest BCUT2D eigenvalue weighted by atomic mass is 9.95. The van der Waals surface area contributed by atoms with Crippen LogP contribution in [0.1, 0.15) is 18.7 Å². The highest BCUT2D eigenvalue weighted by molar-refractivity contribution is 9.09. The highest BCUT2D eigenvalue weighted by atomic mass is 79.9. The second kappa shape index (κ2) is 3.46. The van der Waals surface area contributed by atoms with Crippen LogP contribution < -0.4 is 0 Å². The van der Waals surface area contributed by atoms with Crippen LogP contribution in [0.4, 0.5) is 0 Å². The van der Waals surface area contributed by atoms with Crippen LogP contribution in [0, 0.1) is 0 Å². The van der Waals surface area contributed by atoms with Crippen molar-refractivity contribution in [1.29, 1.82) is 0 Å². The average Bonchev–Trinajstić information content (AvgIpc) is 2.36. The summed E-state index contributed by atoms with van der Waals surface area (Å²) in [6, 6.07) is 4.04. The van der Waals surface area contributed by atoms with E-state index in [9.17, 15) is 0 Å². The Hall–Kier alpha value is 0.470. The summed E-state index contributed by atoms with van der Waals surface area (Å²) in [4.78, 5) is 1.33. The molecule has 0 radical (unpaired) electrons. The van der Waals surface area contributed by atoms with Crippen molar-refractivity contribution < 1.29 is 0 Å². The third-order valence-corrected chi connectivity index (χ3v) is 4.57. The summed E-state index contributed by atoms with van der Waals surface area (Å²) in [7, 11) is 0. The van der Waals surface area contributed by atoms with E-state index in [0.717, 1.165) is 9.67 Å². The van der Waals surface area contributed by atoms with Crippen LogP contribution in [0.2, 0.25) is 4.34 Å². The Labute approximate surface area is 84.7 Å². The number of hydrogen-bond acceptors (Lipinski definition) is 1. The van der Waals surface area contributed by atoms with Crippen molar-refractivity contribution in [2.45, 2.75) is 19.3 Å². The highest BCUT2D eigenvalue weighted by Crippen LogP contribution is 2.33. The maximum Gasteiger partial charge on any atom is 0.0931 e. The molecule has 0 spiro atoms. The molecule has 0 aliphatic rings. The maximum absolute atomic E-state index is 5.83. The van der Waals surface area contributed by atoms with Gasteiger partial charge in [-0.15, -0.1) is 11.3 Å². The topological polar surface area (TPSA) is 0 Å². The van der Waals surface area contributed by atoms with Crippen LogP contribution in [-0.2, 0) is 5.41 Å². The van der Waals surface area contributed by atoms with E-state index in [1.54, 1.807) is 11.3 Å². The van der Waals surface area contributed by atoms with Crippen molar-refractivity contribution in [1.82, 2.24) is 0 Å². The van der Waals surface area contributed by atoms with Crippen LogP contribution in [0.15, 0.2) is 12.1 Å². The van der Waals surface area contributed by atoms with Gasteiger partial charge in [-0.1, -0.05) is 41.4 Å². The van der Waals surface area contributed by atoms with Crippen molar-refractivity contribution in [3.63, 3.8) is 0 Å². The summed E-state index contributed by atoms with van der Waals surface area (Å²) in [6.45, 7) is 4.40. The average molecular weight is 254 g/mol. The standard InChI is InChI=1S/C8H10BrClS/c1-8(2,5-9)6-3-4-7(10)11-6/h3-4H,5H2,1-2H3. The third-order valence-electron chi connectivity index (χ3n) is 1.57. The Kier molecular flexibility index (Phi) is 3.01. The molecule has 0 saturated heterocycles. The van der Waals surface area contributed by atoms with Crippen molar-refractivity contribution >= 4 is 38.9 Å². The smallest absolute Gasteiger partial charge is 0.0931 e. The fraction of sp³-hybridized carbons (Fsp3) is 0.500. The first kappa shape index (κ1) is 9.56. The van der Waals surface area contributed by atoms with E-state index < -0.39 is 0 Å². The minimum absolute atomic E-state index is 0.206. The Bertz CT molecular complexity index is 242. The zero-order valence-electron chi connectivity index (χ0n) is 6.53. The molecule has 3 heteroatoms. The molecule has 0 atom stereocenters. The molecule has 62 valence electrons. The normalized spacial score (nSPS) is 12.0. The molecule has 0 bridgehead atoms. The molecular formula is C8H10BrClS. The Morgan fingerprint density at radius 2 is 2.18 bits per heavy atom. The number of thiophene rings is 1. The van der Waals surface area contributed by atoms with Gasteiger partial charge in [-0.2, -0.15) is 0 Å². The van der Waals surface area contributed by atoms with E-state index in [1.807, 2.05) is 6.07 Å². The number of hydrogen-bond donors (Lipinski definition) is 0. The summed E-state index contributed by atoms with van der Waals surface area (Å²) in [6.07, 6.45) is 0. The van der Waals surface area contributed by atoms with Gasteiger partial charge in [0.25, 0.3) is 0 Å². The maximum atomic E-state index is 5.83. The predicted octanol–water partition coefficient (Wildman–Crippen LogP) is 4.07. The molecule has 0 amide bonds. The molecule has 1 rings (SSSR count). The van der Waals surface area contributed by atoms with E-state index in [-0.39, 0.29) is 5.41 Å². The lowest BCUT2D eigenvalue weighted by Gasteiger charge is -2.18. The van der Waals surface area contributed by atoms with Crippen LogP contribution >= 0.6 is 38.9 Å². The molecule has 0 saturated carbocycles. The van der Waals surface area contributed by atoms with Gasteiger partial charge in [0.2, 0.25) is 0 Å². The van der Waals surface area contributed by atoms with Gasteiger partial charge >= 0.3 is 0 Å². The summed E-state index contributed by atoms with van der Waals surface area (Å²) in [5, 5.41) is 0.969. The Morgan fingerprint density at radius 1 is 1.55 bits per heavy atom. The molecule has 1 aromatic rings. The zero-order valence-corrected chi connectivity index (χ0v) is 9.68. The quantitative estimate of drug-likeness (QED) is 0.697. The van der Waals surface area contributed by atoms with Crippen molar-refractivity contribution in [3.8, 4) is 0 Å². The number of halogens is 2. The molecule has 1 aromatic heterocycles. The van der Waals surface area contributed by atoms with Gasteiger partial charge < -0.3 is 0 Å². The summed E-state index contributed by atoms with van der Waals surface area (Å²) < 4.78 is 0.869. The Balaban J connectivity index is 2.92. The molecule has 0 aromatic carbocycles. The first-order chi connectivity index (χ1) is 5.06. The number of alkyl halides is 1. The number of rotatable bonds is 2. The van der Waals surface area contributed by atoms with Gasteiger partial charge in [-0.25, -0.2) is 0 Å². The predicted molar refractivity (Wildman–Crippen MR) is 56.1 cm³/mol. The first-order valence-electron chi connectivity index (χ1n) is 3.38. The molecule has 0 nitrogen and oxygen atoms in total. The SMILES string of the molecule is CC(C)(CBr)c1ccc(Cl)s1. The van der Waals surface area contributed by atoms with E-state index in [4.69, 9.17) is 11.6 Å². The minimum atomic E-state index is 0.206. The summed E-state index contributed by atoms with van der Waals surface area (Å²) in [5.41, 5.74) is 0.206. The van der Waals surface area contributed by atoms with Crippen LogP contribution in [0.3, 0.4) is 0 Å².